The van der Waals surface area contributed by atoms with Crippen LogP contribution in [0, 0.1) is 5.82 Å². The Kier molecular flexibility index (Phi) is 4.27. The van der Waals surface area contributed by atoms with Crippen LogP contribution in [-0.4, -0.2) is 19.3 Å². The van der Waals surface area contributed by atoms with Gasteiger partial charge < -0.3 is 0 Å². The summed E-state index contributed by atoms with van der Waals surface area (Å²) in [5.41, 5.74) is 1.50. The average Bonchev–Trinajstić information content (AvgIpc) is 2.98. The molecule has 1 heterocycles. The van der Waals surface area contributed by atoms with Crippen LogP contribution < -0.4 is 0 Å². The molecule has 1 aliphatic heterocycles. The van der Waals surface area contributed by atoms with E-state index in [1.807, 2.05) is 30.3 Å². The lowest BCUT2D eigenvalue weighted by Crippen LogP contribution is -2.31. The lowest BCUT2D eigenvalue weighted by molar-refractivity contribution is 0.395. The van der Waals surface area contributed by atoms with Gasteiger partial charge in [0.25, 0.3) is 0 Å². The van der Waals surface area contributed by atoms with Crippen LogP contribution in [0.2, 0.25) is 0 Å². The van der Waals surface area contributed by atoms with Gasteiger partial charge in [0, 0.05) is 12.6 Å². The summed E-state index contributed by atoms with van der Waals surface area (Å²) in [5.74, 6) is -0.343. The molecule has 2 aromatic rings. The Morgan fingerprint density at radius 2 is 1.86 bits per heavy atom. The molecule has 2 aromatic carbocycles. The molecule has 0 aromatic heterocycles. The van der Waals surface area contributed by atoms with Crippen molar-refractivity contribution in [3.05, 3.63) is 71.5 Å². The average molecular weight is 319 g/mol. The second-order valence-corrected chi connectivity index (χ2v) is 7.49. The third-order valence-corrected chi connectivity index (χ3v) is 5.84. The van der Waals surface area contributed by atoms with Crippen molar-refractivity contribution in [3.63, 3.8) is 0 Å². The molecule has 1 atom stereocenters. The summed E-state index contributed by atoms with van der Waals surface area (Å²) in [6.45, 7) is 0.496. The number of halogens is 1. The standard InChI is InChI=1S/C17H18FNO2S/c18-16-9-4-8-15(12-16)17-10-5-11-19(17)22(20,21)13-14-6-2-1-3-7-14/h1-4,6-9,12,17H,5,10-11,13H2/t17-/m1/s1. The zero-order valence-corrected chi connectivity index (χ0v) is 13.0. The molecule has 0 bridgehead atoms. The molecule has 0 amide bonds. The maximum atomic E-state index is 13.4. The molecule has 116 valence electrons. The highest BCUT2D eigenvalue weighted by Gasteiger charge is 2.35. The van der Waals surface area contributed by atoms with Gasteiger partial charge in [-0.05, 0) is 36.1 Å². The van der Waals surface area contributed by atoms with E-state index in [1.165, 1.54) is 16.4 Å². The van der Waals surface area contributed by atoms with Crippen LogP contribution in [0.15, 0.2) is 54.6 Å². The van der Waals surface area contributed by atoms with Gasteiger partial charge in [0.2, 0.25) is 10.0 Å². The van der Waals surface area contributed by atoms with Crippen molar-refractivity contribution >= 4 is 10.0 Å². The van der Waals surface area contributed by atoms with Gasteiger partial charge in [0.05, 0.1) is 5.75 Å². The molecule has 3 rings (SSSR count). The van der Waals surface area contributed by atoms with Gasteiger partial charge in [-0.25, -0.2) is 12.8 Å². The summed E-state index contributed by atoms with van der Waals surface area (Å²) in [7, 11) is -3.41. The first-order chi connectivity index (χ1) is 10.6. The summed E-state index contributed by atoms with van der Waals surface area (Å²) in [6, 6.07) is 15.1. The van der Waals surface area contributed by atoms with Crippen molar-refractivity contribution in [3.8, 4) is 0 Å². The molecule has 22 heavy (non-hydrogen) atoms. The largest absolute Gasteiger partial charge is 0.218 e. The van der Waals surface area contributed by atoms with Crippen LogP contribution >= 0.6 is 0 Å². The Balaban J connectivity index is 1.86. The summed E-state index contributed by atoms with van der Waals surface area (Å²) >= 11 is 0. The normalized spacial score (nSPS) is 19.4. The van der Waals surface area contributed by atoms with Crippen molar-refractivity contribution in [2.75, 3.05) is 6.54 Å². The van der Waals surface area contributed by atoms with Gasteiger partial charge in [-0.3, -0.25) is 0 Å². The Hall–Kier alpha value is -1.72. The molecule has 0 spiro atoms. The van der Waals surface area contributed by atoms with Crippen LogP contribution in [0.5, 0.6) is 0 Å². The number of rotatable bonds is 4. The predicted molar refractivity (Wildman–Crippen MR) is 84.1 cm³/mol. The summed E-state index contributed by atoms with van der Waals surface area (Å²) in [6.07, 6.45) is 1.53. The molecule has 0 radical (unpaired) electrons. The van der Waals surface area contributed by atoms with Crippen LogP contribution in [-0.2, 0) is 15.8 Å². The zero-order chi connectivity index (χ0) is 15.6. The molecule has 0 unspecified atom stereocenters. The third kappa shape index (κ3) is 3.20. The predicted octanol–water partition coefficient (Wildman–Crippen LogP) is 3.49. The topological polar surface area (TPSA) is 37.4 Å². The fourth-order valence-corrected chi connectivity index (χ4v) is 4.79. The van der Waals surface area contributed by atoms with Gasteiger partial charge in [0.1, 0.15) is 5.82 Å². The van der Waals surface area contributed by atoms with Gasteiger partial charge in [-0.15, -0.1) is 0 Å². The van der Waals surface area contributed by atoms with Gasteiger partial charge in [-0.2, -0.15) is 4.31 Å². The Morgan fingerprint density at radius 1 is 1.09 bits per heavy atom. The first-order valence-corrected chi connectivity index (χ1v) is 8.96. The van der Waals surface area contributed by atoms with Crippen molar-refractivity contribution in [1.82, 2.24) is 4.31 Å². The fraction of sp³-hybridized carbons (Fsp3) is 0.294. The lowest BCUT2D eigenvalue weighted by atomic mass is 10.1. The van der Waals surface area contributed by atoms with Crippen LogP contribution in [0.4, 0.5) is 4.39 Å². The van der Waals surface area contributed by atoms with Crippen LogP contribution in [0.25, 0.3) is 0 Å². The smallest absolute Gasteiger partial charge is 0.212 e. The Labute approximate surface area is 130 Å². The molecule has 1 fully saturated rings. The number of sulfonamides is 1. The monoisotopic (exact) mass is 319 g/mol. The van der Waals surface area contributed by atoms with Crippen LogP contribution in [0.1, 0.15) is 30.0 Å². The number of nitrogens with zero attached hydrogens (tertiary/aromatic N) is 1. The number of hydrogen-bond donors (Lipinski definition) is 0. The minimum absolute atomic E-state index is 0.0142. The minimum Gasteiger partial charge on any atom is -0.212 e. The summed E-state index contributed by atoms with van der Waals surface area (Å²) < 4.78 is 40.4. The highest BCUT2D eigenvalue weighted by atomic mass is 32.2. The van der Waals surface area contributed by atoms with E-state index in [2.05, 4.69) is 0 Å². The highest BCUT2D eigenvalue weighted by Crippen LogP contribution is 2.35. The Bertz CT molecular complexity index is 746. The van der Waals surface area contributed by atoms with E-state index in [1.54, 1.807) is 12.1 Å². The number of hydrogen-bond acceptors (Lipinski definition) is 2. The van der Waals surface area contributed by atoms with E-state index in [-0.39, 0.29) is 17.6 Å². The molecule has 0 N–H and O–H groups in total. The highest BCUT2D eigenvalue weighted by molar-refractivity contribution is 7.88. The van der Waals surface area contributed by atoms with Crippen molar-refractivity contribution in [2.45, 2.75) is 24.6 Å². The summed E-state index contributed by atoms with van der Waals surface area (Å²) in [4.78, 5) is 0. The first-order valence-electron chi connectivity index (χ1n) is 7.35. The van der Waals surface area contributed by atoms with Crippen molar-refractivity contribution in [1.29, 1.82) is 0 Å². The van der Waals surface area contributed by atoms with Gasteiger partial charge in [-0.1, -0.05) is 42.5 Å². The summed E-state index contributed by atoms with van der Waals surface area (Å²) in [5, 5.41) is 0. The molecule has 0 aliphatic carbocycles. The molecule has 5 heteroatoms. The molecule has 1 aliphatic rings. The molecule has 0 saturated carbocycles. The zero-order valence-electron chi connectivity index (χ0n) is 12.2. The maximum absolute atomic E-state index is 13.4. The number of benzene rings is 2. The van der Waals surface area contributed by atoms with Crippen molar-refractivity contribution in [2.24, 2.45) is 0 Å². The maximum Gasteiger partial charge on any atom is 0.218 e. The van der Waals surface area contributed by atoms with E-state index in [4.69, 9.17) is 0 Å². The van der Waals surface area contributed by atoms with E-state index in [9.17, 15) is 12.8 Å². The quantitative estimate of drug-likeness (QED) is 0.865. The second-order valence-electron chi connectivity index (χ2n) is 5.57. The molecular weight excluding hydrogens is 301 g/mol. The first kappa shape index (κ1) is 15.2. The van der Waals surface area contributed by atoms with E-state index in [0.29, 0.717) is 6.54 Å². The molecule has 1 saturated heterocycles. The molecule has 3 nitrogen and oxygen atoms in total. The van der Waals surface area contributed by atoms with Crippen molar-refractivity contribution < 1.29 is 12.8 Å². The van der Waals surface area contributed by atoms with E-state index < -0.39 is 10.0 Å². The lowest BCUT2D eigenvalue weighted by Gasteiger charge is -2.24. The molecular formula is C17H18FNO2S. The Morgan fingerprint density at radius 3 is 2.59 bits per heavy atom. The van der Waals surface area contributed by atoms with Crippen LogP contribution in [0.3, 0.4) is 0 Å². The minimum atomic E-state index is -3.41. The third-order valence-electron chi connectivity index (χ3n) is 3.99. The SMILES string of the molecule is O=S(=O)(Cc1ccccc1)N1CCC[C@@H]1c1cccc(F)c1. The fourth-order valence-electron chi connectivity index (χ4n) is 2.99. The van der Waals surface area contributed by atoms with E-state index in [0.717, 1.165) is 24.0 Å². The van der Waals surface area contributed by atoms with Gasteiger partial charge >= 0.3 is 0 Å². The second kappa shape index (κ2) is 6.18. The van der Waals surface area contributed by atoms with Gasteiger partial charge in [0.15, 0.2) is 0 Å². The van der Waals surface area contributed by atoms with E-state index >= 15 is 0 Å².